The van der Waals surface area contributed by atoms with Gasteiger partial charge in [-0.25, -0.2) is 4.99 Å². The number of nitrogens with two attached hydrogens (primary N) is 1. The third-order valence-corrected chi connectivity index (χ3v) is 12.3. The highest BCUT2D eigenvalue weighted by atomic mass is 16.5. The number of carbonyl (C=O) groups excluding carboxylic acids is 1. The Balaban J connectivity index is 1.69. The average molecular weight is 501 g/mol. The molecule has 5 aliphatic carbocycles. The maximum atomic E-state index is 13.0. The lowest BCUT2D eigenvalue weighted by atomic mass is 9.34. The molecule has 0 aromatic carbocycles. The number of rotatable bonds is 4. The van der Waals surface area contributed by atoms with Gasteiger partial charge in [0.05, 0.1) is 25.2 Å². The van der Waals surface area contributed by atoms with E-state index in [4.69, 9.17) is 10.5 Å². The number of guanidine groups is 1. The normalized spacial score (nSPS) is 49.8. The topological polar surface area (TPSA) is 124 Å². The number of allylic oxidation sites excluding steroid dienone is 1. The zero-order valence-electron chi connectivity index (χ0n) is 22.2. The van der Waals surface area contributed by atoms with Gasteiger partial charge in [0.1, 0.15) is 5.60 Å². The Labute approximate surface area is 214 Å². The van der Waals surface area contributed by atoms with Gasteiger partial charge in [0, 0.05) is 54.9 Å². The van der Waals surface area contributed by atoms with E-state index in [1.165, 1.54) is 4.90 Å². The zero-order chi connectivity index (χ0) is 25.5. The SMILES string of the molecule is CN=C(N)[NH+]1CC[C@]2(CNC)CC[C@@H]3[C@]4(O)C(C(=O)[O-])=C5C[C@H]6CC[C@@H](CCCC[C@H]4OC)[C@]53[C@]62C1. The molecule has 1 heterocycles. The summed E-state index contributed by atoms with van der Waals surface area (Å²) in [7, 11) is 5.47. The Kier molecular flexibility index (Phi) is 5.70. The molecule has 0 amide bonds. The molecule has 6 aliphatic rings. The molecule has 200 valence electrons. The molecule has 5 N–H and O–H groups in total. The molecule has 5 fully saturated rings. The number of carboxylic acids is 1. The van der Waals surface area contributed by atoms with Gasteiger partial charge in [0.15, 0.2) is 0 Å². The number of methoxy groups -OCH3 is 1. The number of hydrogen-bond acceptors (Lipinski definition) is 6. The second kappa shape index (κ2) is 8.26. The summed E-state index contributed by atoms with van der Waals surface area (Å²) in [6.45, 7) is 2.73. The number of nitrogens with one attached hydrogen (secondary N) is 2. The number of piperidine rings is 1. The monoisotopic (exact) mass is 500 g/mol. The molecule has 0 radical (unpaired) electrons. The number of aliphatic imine (C=N–C) groups is 1. The number of nitrogens with zero attached hydrogens (tertiary/aromatic N) is 1. The minimum Gasteiger partial charge on any atom is -0.545 e. The van der Waals surface area contributed by atoms with E-state index in [1.807, 2.05) is 0 Å². The molecule has 0 aromatic rings. The van der Waals surface area contributed by atoms with E-state index in [1.54, 1.807) is 14.2 Å². The van der Waals surface area contributed by atoms with Gasteiger partial charge in [0.25, 0.3) is 5.96 Å². The molecule has 8 heteroatoms. The number of aliphatic carboxylic acids is 1. The summed E-state index contributed by atoms with van der Waals surface area (Å²) >= 11 is 0. The van der Waals surface area contributed by atoms with Crippen LogP contribution < -0.4 is 21.1 Å². The van der Waals surface area contributed by atoms with Gasteiger partial charge in [-0.05, 0) is 63.8 Å². The van der Waals surface area contributed by atoms with Crippen molar-refractivity contribution in [3.05, 3.63) is 11.1 Å². The van der Waals surface area contributed by atoms with Crippen molar-refractivity contribution in [2.45, 2.75) is 75.9 Å². The lowest BCUT2D eigenvalue weighted by molar-refractivity contribution is -0.832. The van der Waals surface area contributed by atoms with Crippen LogP contribution in [0.25, 0.3) is 0 Å². The van der Waals surface area contributed by atoms with Crippen LogP contribution in [0.4, 0.5) is 0 Å². The summed E-state index contributed by atoms with van der Waals surface area (Å²) in [6, 6.07) is 0. The highest BCUT2D eigenvalue weighted by Gasteiger charge is 2.84. The van der Waals surface area contributed by atoms with Gasteiger partial charge in [-0.1, -0.05) is 18.4 Å². The van der Waals surface area contributed by atoms with E-state index in [9.17, 15) is 15.0 Å². The smallest absolute Gasteiger partial charge is 0.293 e. The van der Waals surface area contributed by atoms with Crippen LogP contribution in [-0.2, 0) is 9.53 Å². The average Bonchev–Trinajstić information content (AvgIpc) is 3.21. The Morgan fingerprint density at radius 2 is 1.97 bits per heavy atom. The van der Waals surface area contributed by atoms with Crippen LogP contribution in [0.5, 0.6) is 0 Å². The number of ether oxygens (including phenoxy) is 1. The molecule has 6 rings (SSSR count). The molecule has 3 bridgehead atoms. The molecular weight excluding hydrogens is 456 g/mol. The van der Waals surface area contributed by atoms with Crippen molar-refractivity contribution in [2.75, 3.05) is 40.8 Å². The lowest BCUT2D eigenvalue weighted by Crippen LogP contribution is -3.19. The molecule has 1 aliphatic heterocycles. The molecule has 0 aromatic heterocycles. The predicted octanol–water partition coefficient (Wildman–Crippen LogP) is -0.382. The molecule has 1 unspecified atom stereocenters. The van der Waals surface area contributed by atoms with Crippen molar-refractivity contribution < 1.29 is 24.6 Å². The summed E-state index contributed by atoms with van der Waals surface area (Å²) < 4.78 is 5.98. The zero-order valence-corrected chi connectivity index (χ0v) is 22.2. The van der Waals surface area contributed by atoms with Crippen molar-refractivity contribution in [3.63, 3.8) is 0 Å². The first-order valence-corrected chi connectivity index (χ1v) is 14.2. The molecule has 8 nitrogen and oxygen atoms in total. The molecule has 1 saturated heterocycles. The van der Waals surface area contributed by atoms with Crippen LogP contribution in [-0.4, -0.2) is 69.6 Å². The van der Waals surface area contributed by atoms with Crippen LogP contribution >= 0.6 is 0 Å². The first-order valence-electron chi connectivity index (χ1n) is 14.2. The first-order chi connectivity index (χ1) is 17.3. The predicted molar refractivity (Wildman–Crippen MR) is 134 cm³/mol. The van der Waals surface area contributed by atoms with Crippen LogP contribution in [0.1, 0.15) is 64.2 Å². The molecule has 2 spiro atoms. The number of quaternary nitrogens is 1. The lowest BCUT2D eigenvalue weighted by Gasteiger charge is -2.71. The van der Waals surface area contributed by atoms with E-state index in [0.717, 1.165) is 83.0 Å². The van der Waals surface area contributed by atoms with Crippen LogP contribution in [0.15, 0.2) is 16.1 Å². The van der Waals surface area contributed by atoms with Gasteiger partial charge in [-0.3, -0.25) is 4.90 Å². The fourth-order valence-corrected chi connectivity index (χ4v) is 11.6. The van der Waals surface area contributed by atoms with Gasteiger partial charge in [0.2, 0.25) is 0 Å². The Bertz CT molecular complexity index is 1010. The fraction of sp³-hybridized carbons (Fsp3) is 0.857. The van der Waals surface area contributed by atoms with Crippen molar-refractivity contribution in [3.8, 4) is 0 Å². The molecular formula is C28H44N4O4. The van der Waals surface area contributed by atoms with E-state index in [-0.39, 0.29) is 27.7 Å². The van der Waals surface area contributed by atoms with E-state index >= 15 is 0 Å². The third-order valence-electron chi connectivity index (χ3n) is 12.3. The number of carbonyl (C=O) groups is 1. The second-order valence-electron chi connectivity index (χ2n) is 12.8. The quantitative estimate of drug-likeness (QED) is 0.308. The van der Waals surface area contributed by atoms with Crippen LogP contribution in [0, 0.1) is 34.0 Å². The maximum Gasteiger partial charge on any atom is 0.293 e. The number of hydrogen-bond donors (Lipinski definition) is 4. The van der Waals surface area contributed by atoms with Crippen molar-refractivity contribution >= 4 is 11.9 Å². The largest absolute Gasteiger partial charge is 0.545 e. The summed E-state index contributed by atoms with van der Waals surface area (Å²) in [5.41, 5.74) is 5.78. The van der Waals surface area contributed by atoms with Gasteiger partial charge < -0.3 is 30.8 Å². The van der Waals surface area contributed by atoms with E-state index < -0.39 is 17.7 Å². The highest BCUT2D eigenvalue weighted by molar-refractivity contribution is 5.91. The number of aliphatic hydroxyl groups is 1. The standard InChI is InChI=1S/C28H44N4O4/c1-30-15-25-11-10-20-27-17-6-4-5-7-21(36-3)28(20,35)22(23(33)34)19(27)14-18(9-8-17)26(25,27)16-32(13-12-25)24(29)31-2/h17-18,20-21,30,35H,4-16H2,1-3H3,(H2,29,31)(H,33,34)/t17-,18-,20+,21-,25+,26-,27+,28-/m1/s1. The summed E-state index contributed by atoms with van der Waals surface area (Å²) in [5, 5.41) is 29.3. The molecule has 9 atom stereocenters. The maximum absolute atomic E-state index is 13.0. The van der Waals surface area contributed by atoms with Gasteiger partial charge in [-0.15, -0.1) is 0 Å². The summed E-state index contributed by atoms with van der Waals surface area (Å²) in [4.78, 5) is 18.7. The molecule has 4 saturated carbocycles. The van der Waals surface area contributed by atoms with Crippen LogP contribution in [0.3, 0.4) is 0 Å². The Morgan fingerprint density at radius 3 is 2.67 bits per heavy atom. The van der Waals surface area contributed by atoms with Crippen molar-refractivity contribution in [1.82, 2.24) is 5.32 Å². The Hall–Kier alpha value is -1.48. The van der Waals surface area contributed by atoms with Crippen molar-refractivity contribution in [2.24, 2.45) is 44.7 Å². The van der Waals surface area contributed by atoms with E-state index in [0.29, 0.717) is 24.2 Å². The van der Waals surface area contributed by atoms with Gasteiger partial charge in [-0.2, -0.15) is 0 Å². The summed E-state index contributed by atoms with van der Waals surface area (Å²) in [5.74, 6) is 0.0662. The highest BCUT2D eigenvalue weighted by Crippen LogP contribution is 2.84. The van der Waals surface area contributed by atoms with Crippen molar-refractivity contribution in [1.29, 1.82) is 0 Å². The van der Waals surface area contributed by atoms with Crippen LogP contribution in [0.2, 0.25) is 0 Å². The minimum absolute atomic E-state index is 0.0414. The minimum atomic E-state index is -1.51. The number of likely N-dealkylation sites (tertiary alicyclic amines) is 1. The fourth-order valence-electron chi connectivity index (χ4n) is 11.6. The third kappa shape index (κ3) is 2.60. The number of carboxylic acid groups (broad SMARTS) is 1. The summed E-state index contributed by atoms with van der Waals surface area (Å²) in [6.07, 6.45) is 9.14. The molecule has 36 heavy (non-hydrogen) atoms. The van der Waals surface area contributed by atoms with E-state index in [2.05, 4.69) is 17.4 Å². The first kappa shape index (κ1) is 24.8. The van der Waals surface area contributed by atoms with Gasteiger partial charge >= 0.3 is 0 Å². The second-order valence-corrected chi connectivity index (χ2v) is 12.8. The Morgan fingerprint density at radius 1 is 1.22 bits per heavy atom.